The fraction of sp³-hybridized carbons (Fsp3) is 0.733. The molecule has 0 amide bonds. The first kappa shape index (κ1) is 12.9. The summed E-state index contributed by atoms with van der Waals surface area (Å²) in [5.41, 5.74) is 2.50. The molecule has 1 saturated heterocycles. The maximum atomic E-state index is 4.37. The molecule has 2 aliphatic rings. The van der Waals surface area contributed by atoms with Gasteiger partial charge in [-0.05, 0) is 50.6 Å². The van der Waals surface area contributed by atoms with Crippen molar-refractivity contribution in [1.29, 1.82) is 0 Å². The molecule has 0 bridgehead atoms. The van der Waals surface area contributed by atoms with E-state index in [-0.39, 0.29) is 0 Å². The first-order chi connectivity index (χ1) is 9.42. The molecule has 0 saturated carbocycles. The summed E-state index contributed by atoms with van der Waals surface area (Å²) >= 11 is 0. The Balaban J connectivity index is 1.65. The molecule has 104 valence electrons. The van der Waals surface area contributed by atoms with Gasteiger partial charge in [0, 0.05) is 6.04 Å². The predicted octanol–water partition coefficient (Wildman–Crippen LogP) is 2.77. The highest BCUT2D eigenvalue weighted by Gasteiger charge is 2.16. The monoisotopic (exact) mass is 260 g/mol. The molecule has 0 spiro atoms. The highest BCUT2D eigenvalue weighted by atomic mass is 15.4. The quantitative estimate of drug-likeness (QED) is 0.908. The molecule has 1 fully saturated rings. The van der Waals surface area contributed by atoms with E-state index in [1.807, 2.05) is 4.68 Å². The summed E-state index contributed by atoms with van der Waals surface area (Å²) in [7, 11) is 0. The topological polar surface area (TPSA) is 42.7 Å². The molecular formula is C15H24N4. The van der Waals surface area contributed by atoms with Gasteiger partial charge in [0.25, 0.3) is 0 Å². The Bertz CT molecular complexity index is 429. The first-order valence-corrected chi connectivity index (χ1v) is 7.75. The van der Waals surface area contributed by atoms with E-state index >= 15 is 0 Å². The zero-order chi connectivity index (χ0) is 12.9. The Labute approximate surface area is 115 Å². The van der Waals surface area contributed by atoms with Gasteiger partial charge in [0.15, 0.2) is 0 Å². The smallest absolute Gasteiger partial charge is 0.108 e. The van der Waals surface area contributed by atoms with Crippen molar-refractivity contribution in [3.63, 3.8) is 0 Å². The fourth-order valence-electron chi connectivity index (χ4n) is 3.10. The van der Waals surface area contributed by atoms with Gasteiger partial charge in [-0.2, -0.15) is 0 Å². The normalized spacial score (nSPS) is 27.6. The van der Waals surface area contributed by atoms with Crippen LogP contribution in [0.15, 0.2) is 12.3 Å². The van der Waals surface area contributed by atoms with Gasteiger partial charge in [-0.1, -0.05) is 24.1 Å². The van der Waals surface area contributed by atoms with Crippen LogP contribution in [0.2, 0.25) is 0 Å². The van der Waals surface area contributed by atoms with E-state index in [0.29, 0.717) is 6.04 Å². The summed E-state index contributed by atoms with van der Waals surface area (Å²) < 4.78 is 2.01. The largest absolute Gasteiger partial charge is 0.312 e. The SMILES string of the molecule is C1=C(/c2cn(C[C@@H]3CCCN3)nn2)CCCCCC/1. The Morgan fingerprint density at radius 2 is 2.16 bits per heavy atom. The summed E-state index contributed by atoms with van der Waals surface area (Å²) in [5.74, 6) is 0. The van der Waals surface area contributed by atoms with Crippen LogP contribution in [-0.4, -0.2) is 27.6 Å². The lowest BCUT2D eigenvalue weighted by Gasteiger charge is -2.09. The van der Waals surface area contributed by atoms with Crippen LogP contribution in [0.3, 0.4) is 0 Å². The second-order valence-electron chi connectivity index (χ2n) is 5.80. The van der Waals surface area contributed by atoms with Crippen molar-refractivity contribution in [2.24, 2.45) is 0 Å². The molecule has 4 heteroatoms. The van der Waals surface area contributed by atoms with E-state index in [1.165, 1.54) is 56.9 Å². The van der Waals surface area contributed by atoms with Crippen LogP contribution in [0.1, 0.15) is 57.1 Å². The zero-order valence-corrected chi connectivity index (χ0v) is 11.6. The zero-order valence-electron chi connectivity index (χ0n) is 11.6. The van der Waals surface area contributed by atoms with Crippen molar-refractivity contribution in [2.75, 3.05) is 6.54 Å². The van der Waals surface area contributed by atoms with Gasteiger partial charge < -0.3 is 5.32 Å². The molecule has 0 aromatic carbocycles. The predicted molar refractivity (Wildman–Crippen MR) is 76.7 cm³/mol. The van der Waals surface area contributed by atoms with Crippen molar-refractivity contribution >= 4 is 5.57 Å². The van der Waals surface area contributed by atoms with E-state index in [9.17, 15) is 0 Å². The third-order valence-electron chi connectivity index (χ3n) is 4.23. The summed E-state index contributed by atoms with van der Waals surface area (Å²) in [5, 5.41) is 12.2. The van der Waals surface area contributed by atoms with Crippen LogP contribution in [0.4, 0.5) is 0 Å². The molecule has 1 aliphatic heterocycles. The maximum Gasteiger partial charge on any atom is 0.108 e. The number of rotatable bonds is 3. The van der Waals surface area contributed by atoms with Crippen LogP contribution >= 0.6 is 0 Å². The summed E-state index contributed by atoms with van der Waals surface area (Å²) in [6.45, 7) is 2.11. The molecule has 19 heavy (non-hydrogen) atoms. The third kappa shape index (κ3) is 3.44. The number of hydrogen-bond acceptors (Lipinski definition) is 3. The number of nitrogens with one attached hydrogen (secondary N) is 1. The Morgan fingerprint density at radius 3 is 3.05 bits per heavy atom. The molecule has 1 N–H and O–H groups in total. The molecule has 3 rings (SSSR count). The minimum atomic E-state index is 0.584. The molecule has 0 radical (unpaired) electrons. The number of allylic oxidation sites excluding steroid dienone is 2. The van der Waals surface area contributed by atoms with E-state index in [0.717, 1.165) is 18.8 Å². The lowest BCUT2D eigenvalue weighted by atomic mass is 9.98. The second kappa shape index (κ2) is 6.33. The van der Waals surface area contributed by atoms with Crippen molar-refractivity contribution in [3.05, 3.63) is 18.0 Å². The average Bonchev–Trinajstić information content (AvgIpc) is 3.01. The standard InChI is InChI=1S/C15H24N4/c1-2-4-7-13(8-5-3-1)15-12-19(18-17-15)11-14-9-6-10-16-14/h7,12,14,16H,1-6,8-11H2/b13-7+/t14-/m0/s1. The molecule has 1 aromatic heterocycles. The van der Waals surface area contributed by atoms with Gasteiger partial charge in [-0.25, -0.2) is 0 Å². The van der Waals surface area contributed by atoms with Gasteiger partial charge in [0.05, 0.1) is 12.7 Å². The fourth-order valence-corrected chi connectivity index (χ4v) is 3.10. The van der Waals surface area contributed by atoms with Crippen molar-refractivity contribution in [1.82, 2.24) is 20.3 Å². The maximum absolute atomic E-state index is 4.37. The molecule has 1 atom stereocenters. The summed E-state index contributed by atoms with van der Waals surface area (Å²) in [6.07, 6.45) is 14.8. The number of aromatic nitrogens is 3. The van der Waals surface area contributed by atoms with Crippen LogP contribution in [0.25, 0.3) is 5.57 Å². The summed E-state index contributed by atoms with van der Waals surface area (Å²) in [6, 6.07) is 0.584. The highest BCUT2D eigenvalue weighted by Crippen LogP contribution is 2.23. The molecule has 4 nitrogen and oxygen atoms in total. The van der Waals surface area contributed by atoms with E-state index in [1.54, 1.807) is 0 Å². The van der Waals surface area contributed by atoms with Crippen molar-refractivity contribution in [2.45, 2.75) is 64.0 Å². The van der Waals surface area contributed by atoms with Crippen molar-refractivity contribution in [3.8, 4) is 0 Å². The molecule has 0 unspecified atom stereocenters. The first-order valence-electron chi connectivity index (χ1n) is 7.75. The van der Waals surface area contributed by atoms with Gasteiger partial charge >= 0.3 is 0 Å². The Kier molecular flexibility index (Phi) is 4.28. The third-order valence-corrected chi connectivity index (χ3v) is 4.23. The van der Waals surface area contributed by atoms with Crippen LogP contribution in [0, 0.1) is 0 Å². The molecular weight excluding hydrogens is 236 g/mol. The van der Waals surface area contributed by atoms with E-state index in [2.05, 4.69) is 27.9 Å². The van der Waals surface area contributed by atoms with Crippen LogP contribution in [-0.2, 0) is 6.54 Å². The van der Waals surface area contributed by atoms with Gasteiger partial charge in [0.1, 0.15) is 5.69 Å². The van der Waals surface area contributed by atoms with Crippen molar-refractivity contribution < 1.29 is 0 Å². The molecule has 1 aromatic rings. The van der Waals surface area contributed by atoms with Crippen LogP contribution < -0.4 is 5.32 Å². The minimum Gasteiger partial charge on any atom is -0.312 e. The Morgan fingerprint density at radius 1 is 1.21 bits per heavy atom. The minimum absolute atomic E-state index is 0.584. The van der Waals surface area contributed by atoms with E-state index in [4.69, 9.17) is 0 Å². The molecule has 1 aliphatic carbocycles. The lowest BCUT2D eigenvalue weighted by Crippen LogP contribution is -2.26. The van der Waals surface area contributed by atoms with Crippen LogP contribution in [0.5, 0.6) is 0 Å². The number of hydrogen-bond donors (Lipinski definition) is 1. The summed E-state index contributed by atoms with van der Waals surface area (Å²) in [4.78, 5) is 0. The second-order valence-corrected chi connectivity index (χ2v) is 5.80. The van der Waals surface area contributed by atoms with Gasteiger partial charge in [-0.15, -0.1) is 5.10 Å². The lowest BCUT2D eigenvalue weighted by molar-refractivity contribution is 0.466. The average molecular weight is 260 g/mol. The van der Waals surface area contributed by atoms with Gasteiger partial charge in [0.2, 0.25) is 0 Å². The molecule has 2 heterocycles. The van der Waals surface area contributed by atoms with E-state index < -0.39 is 0 Å². The van der Waals surface area contributed by atoms with Gasteiger partial charge in [-0.3, -0.25) is 4.68 Å². The number of nitrogens with zero attached hydrogens (tertiary/aromatic N) is 3. The highest BCUT2D eigenvalue weighted by molar-refractivity contribution is 5.61. The Hall–Kier alpha value is -1.16.